The number of amides is 1. The van der Waals surface area contributed by atoms with E-state index in [9.17, 15) is 13.6 Å². The Labute approximate surface area is 172 Å². The monoisotopic (exact) mass is 409 g/mol. The summed E-state index contributed by atoms with van der Waals surface area (Å²) in [4.78, 5) is 16.0. The first-order valence-electron chi connectivity index (χ1n) is 10.8. The number of nitrogens with zero attached hydrogens (tertiary/aromatic N) is 2. The van der Waals surface area contributed by atoms with Gasteiger partial charge in [-0.2, -0.15) is 0 Å². The topological polar surface area (TPSA) is 58.8 Å². The number of anilines is 1. The van der Waals surface area contributed by atoms with Crippen LogP contribution in [0.25, 0.3) is 0 Å². The third-order valence-corrected chi connectivity index (χ3v) is 6.42. The highest BCUT2D eigenvalue weighted by atomic mass is 19.1. The number of benzene rings is 1. The van der Waals surface area contributed by atoms with E-state index in [2.05, 4.69) is 4.90 Å². The van der Waals surface area contributed by atoms with Crippen molar-refractivity contribution in [3.05, 3.63) is 29.8 Å². The molecule has 0 radical (unpaired) electrons. The summed E-state index contributed by atoms with van der Waals surface area (Å²) in [6, 6.07) is 3.79. The van der Waals surface area contributed by atoms with Crippen molar-refractivity contribution in [3.8, 4) is 0 Å². The zero-order valence-corrected chi connectivity index (χ0v) is 17.3. The van der Waals surface area contributed by atoms with Crippen molar-refractivity contribution in [3.63, 3.8) is 0 Å². The minimum atomic E-state index is -0.539. The zero-order valence-electron chi connectivity index (χ0n) is 17.3. The third-order valence-electron chi connectivity index (χ3n) is 6.42. The Bertz CT molecular complexity index is 672. The molecule has 29 heavy (non-hydrogen) atoms. The molecule has 1 atom stereocenters. The minimum Gasteiger partial charge on any atom is -0.368 e. The normalized spacial score (nSPS) is 24.4. The molecule has 0 spiro atoms. The van der Waals surface area contributed by atoms with Gasteiger partial charge in [-0.1, -0.05) is 12.8 Å². The third kappa shape index (κ3) is 5.89. The SMILES string of the molecule is CCOC(C(N)=O)C1CCC(CCN2CCN(c3ccc(F)cc3F)CC2)CC1. The number of ether oxygens (including phenoxy) is 1. The van der Waals surface area contributed by atoms with Crippen molar-refractivity contribution in [2.45, 2.75) is 45.1 Å². The summed E-state index contributed by atoms with van der Waals surface area (Å²) in [5.41, 5.74) is 5.99. The summed E-state index contributed by atoms with van der Waals surface area (Å²) in [6.45, 7) is 6.74. The second-order valence-corrected chi connectivity index (χ2v) is 8.27. The van der Waals surface area contributed by atoms with Crippen LogP contribution in [0.3, 0.4) is 0 Å². The predicted octanol–water partition coefficient (Wildman–Crippen LogP) is 3.17. The lowest BCUT2D eigenvalue weighted by atomic mass is 9.78. The molecule has 1 saturated heterocycles. The van der Waals surface area contributed by atoms with Crippen LogP contribution in [-0.4, -0.2) is 56.2 Å². The minimum absolute atomic E-state index is 0.248. The van der Waals surface area contributed by atoms with Crippen molar-refractivity contribution >= 4 is 11.6 Å². The van der Waals surface area contributed by atoms with Gasteiger partial charge in [0.2, 0.25) is 5.91 Å². The van der Waals surface area contributed by atoms with Gasteiger partial charge in [-0.05, 0) is 56.7 Å². The Hall–Kier alpha value is -1.73. The lowest BCUT2D eigenvalue weighted by Crippen LogP contribution is -2.47. The van der Waals surface area contributed by atoms with E-state index >= 15 is 0 Å². The van der Waals surface area contributed by atoms with Crippen LogP contribution in [0.1, 0.15) is 39.0 Å². The first-order chi connectivity index (χ1) is 14.0. The van der Waals surface area contributed by atoms with Gasteiger partial charge >= 0.3 is 0 Å². The van der Waals surface area contributed by atoms with Gasteiger partial charge in [0.25, 0.3) is 0 Å². The van der Waals surface area contributed by atoms with E-state index in [4.69, 9.17) is 10.5 Å². The highest BCUT2D eigenvalue weighted by Crippen LogP contribution is 2.34. The van der Waals surface area contributed by atoms with Crippen molar-refractivity contribution in [2.75, 3.05) is 44.2 Å². The Morgan fingerprint density at radius 1 is 1.17 bits per heavy atom. The standard InChI is InChI=1S/C22H33F2N3O2/c1-2-29-21(22(25)28)17-5-3-16(4-6-17)9-10-26-11-13-27(14-12-26)20-8-7-18(23)15-19(20)24/h7-8,15-17,21H,2-6,9-14H2,1H3,(H2,25,28). The smallest absolute Gasteiger partial charge is 0.246 e. The van der Waals surface area contributed by atoms with Crippen molar-refractivity contribution in [1.29, 1.82) is 0 Å². The number of hydrogen-bond acceptors (Lipinski definition) is 4. The summed E-state index contributed by atoms with van der Waals surface area (Å²) in [5.74, 6) is -0.447. The predicted molar refractivity (Wildman–Crippen MR) is 110 cm³/mol. The summed E-state index contributed by atoms with van der Waals surface area (Å²) < 4.78 is 32.6. The van der Waals surface area contributed by atoms with Gasteiger partial charge in [-0.3, -0.25) is 9.69 Å². The van der Waals surface area contributed by atoms with Crippen molar-refractivity contribution < 1.29 is 18.3 Å². The van der Waals surface area contributed by atoms with Crippen molar-refractivity contribution in [1.82, 2.24) is 4.90 Å². The molecule has 1 aliphatic heterocycles. The average molecular weight is 410 g/mol. The second-order valence-electron chi connectivity index (χ2n) is 8.27. The fourth-order valence-electron chi connectivity index (χ4n) is 4.72. The zero-order chi connectivity index (χ0) is 20.8. The van der Waals surface area contributed by atoms with Crippen LogP contribution in [0.15, 0.2) is 18.2 Å². The molecule has 1 saturated carbocycles. The van der Waals surface area contributed by atoms with Crippen LogP contribution in [0.4, 0.5) is 14.5 Å². The number of hydrogen-bond donors (Lipinski definition) is 1. The number of carbonyl (C=O) groups is 1. The molecule has 162 valence electrons. The van der Waals surface area contributed by atoms with E-state index in [0.717, 1.165) is 70.9 Å². The lowest BCUT2D eigenvalue weighted by molar-refractivity contribution is -0.134. The molecule has 0 bridgehead atoms. The molecule has 1 aliphatic carbocycles. The highest BCUT2D eigenvalue weighted by molar-refractivity contribution is 5.79. The molecule has 2 N–H and O–H groups in total. The van der Waals surface area contributed by atoms with E-state index in [-0.39, 0.29) is 11.8 Å². The van der Waals surface area contributed by atoms with Gasteiger partial charge in [0, 0.05) is 38.9 Å². The van der Waals surface area contributed by atoms with Crippen LogP contribution in [0.5, 0.6) is 0 Å². The molecule has 1 unspecified atom stereocenters. The van der Waals surface area contributed by atoms with Gasteiger partial charge in [0.05, 0.1) is 5.69 Å². The second kappa shape index (κ2) is 10.3. The summed E-state index contributed by atoms with van der Waals surface area (Å²) in [5, 5.41) is 0. The van der Waals surface area contributed by atoms with Crippen LogP contribution in [-0.2, 0) is 9.53 Å². The first kappa shape index (κ1) is 22.0. The number of rotatable bonds is 8. The van der Waals surface area contributed by atoms with Crippen LogP contribution in [0.2, 0.25) is 0 Å². The number of nitrogens with two attached hydrogens (primary N) is 1. The maximum atomic E-state index is 14.0. The number of piperazine rings is 1. The van der Waals surface area contributed by atoms with Gasteiger partial charge in [0.1, 0.15) is 17.7 Å². The molecule has 2 aliphatic rings. The van der Waals surface area contributed by atoms with E-state index in [1.165, 1.54) is 12.1 Å². The molecular formula is C22H33F2N3O2. The van der Waals surface area contributed by atoms with E-state index in [1.807, 2.05) is 11.8 Å². The Balaban J connectivity index is 1.38. The summed E-state index contributed by atoms with van der Waals surface area (Å²) in [6.07, 6.45) is 4.92. The lowest BCUT2D eigenvalue weighted by Gasteiger charge is -2.37. The molecule has 1 aromatic rings. The Kier molecular flexibility index (Phi) is 7.84. The van der Waals surface area contributed by atoms with Crippen LogP contribution in [0, 0.1) is 23.5 Å². The first-order valence-corrected chi connectivity index (χ1v) is 10.8. The van der Waals surface area contributed by atoms with Gasteiger partial charge in [0.15, 0.2) is 0 Å². The fraction of sp³-hybridized carbons (Fsp3) is 0.682. The highest BCUT2D eigenvalue weighted by Gasteiger charge is 2.31. The number of primary amides is 1. The van der Waals surface area contributed by atoms with E-state index in [0.29, 0.717) is 18.2 Å². The maximum Gasteiger partial charge on any atom is 0.246 e. The average Bonchev–Trinajstić information content (AvgIpc) is 2.71. The molecule has 1 heterocycles. The van der Waals surface area contributed by atoms with E-state index in [1.54, 1.807) is 0 Å². The fourth-order valence-corrected chi connectivity index (χ4v) is 4.72. The Morgan fingerprint density at radius 2 is 1.86 bits per heavy atom. The Morgan fingerprint density at radius 3 is 2.45 bits per heavy atom. The number of carbonyl (C=O) groups excluding carboxylic acids is 1. The van der Waals surface area contributed by atoms with Gasteiger partial charge < -0.3 is 15.4 Å². The molecule has 1 aromatic carbocycles. The molecule has 7 heteroatoms. The van der Waals surface area contributed by atoms with Crippen LogP contribution < -0.4 is 10.6 Å². The maximum absolute atomic E-state index is 14.0. The number of halogens is 2. The molecule has 3 rings (SSSR count). The molecule has 2 fully saturated rings. The van der Waals surface area contributed by atoms with Crippen molar-refractivity contribution in [2.24, 2.45) is 17.6 Å². The quantitative estimate of drug-likeness (QED) is 0.717. The van der Waals surface area contributed by atoms with Gasteiger partial charge in [-0.25, -0.2) is 8.78 Å². The molecule has 0 aromatic heterocycles. The largest absolute Gasteiger partial charge is 0.368 e. The molecular weight excluding hydrogens is 376 g/mol. The summed E-state index contributed by atoms with van der Waals surface area (Å²) in [7, 11) is 0. The van der Waals surface area contributed by atoms with Gasteiger partial charge in [-0.15, -0.1) is 0 Å². The van der Waals surface area contributed by atoms with E-state index < -0.39 is 17.7 Å². The van der Waals surface area contributed by atoms with Crippen LogP contribution >= 0.6 is 0 Å². The summed E-state index contributed by atoms with van der Waals surface area (Å²) >= 11 is 0. The molecule has 1 amide bonds. The molecule has 5 nitrogen and oxygen atoms in total.